The lowest BCUT2D eigenvalue weighted by Crippen LogP contribution is -2.30. The van der Waals surface area contributed by atoms with Crippen LogP contribution in [0.1, 0.15) is 329 Å². The fourth-order valence-electron chi connectivity index (χ4n) is 9.01. The van der Waals surface area contributed by atoms with Crippen molar-refractivity contribution in [2.75, 3.05) is 13.2 Å². The molecular weight excluding hydrogens is 853 g/mol. The summed E-state index contributed by atoms with van der Waals surface area (Å²) in [5, 5.41) is 0. The molecule has 0 heterocycles. The molecule has 0 aliphatic carbocycles. The van der Waals surface area contributed by atoms with Crippen LogP contribution in [-0.4, -0.2) is 37.2 Å². The minimum atomic E-state index is -0.777. The van der Waals surface area contributed by atoms with E-state index in [1.165, 1.54) is 205 Å². The quantitative estimate of drug-likeness (QED) is 0.0261. The van der Waals surface area contributed by atoms with Crippen molar-refractivity contribution in [3.05, 3.63) is 36.5 Å². The summed E-state index contributed by atoms with van der Waals surface area (Å²) in [5.41, 5.74) is 0. The summed E-state index contributed by atoms with van der Waals surface area (Å²) in [6, 6.07) is 0. The molecule has 0 N–H and O–H groups in total. The van der Waals surface area contributed by atoms with Crippen LogP contribution >= 0.6 is 0 Å². The molecule has 1 unspecified atom stereocenters. The monoisotopic (exact) mass is 969 g/mol. The molecule has 0 saturated carbocycles. The van der Waals surface area contributed by atoms with Gasteiger partial charge in [-0.1, -0.05) is 276 Å². The van der Waals surface area contributed by atoms with Crippen LogP contribution in [0.25, 0.3) is 0 Å². The molecule has 0 rings (SSSR count). The van der Waals surface area contributed by atoms with E-state index in [2.05, 4.69) is 57.2 Å². The van der Waals surface area contributed by atoms with Crippen LogP contribution in [0.3, 0.4) is 0 Å². The third-order valence-corrected chi connectivity index (χ3v) is 13.6. The number of unbranched alkanes of at least 4 members (excludes halogenated alkanes) is 39. The van der Waals surface area contributed by atoms with E-state index in [1.54, 1.807) is 0 Å². The summed E-state index contributed by atoms with van der Waals surface area (Å²) in [6.45, 7) is 6.60. The maximum Gasteiger partial charge on any atom is 0.306 e. The molecule has 69 heavy (non-hydrogen) atoms. The van der Waals surface area contributed by atoms with Crippen LogP contribution < -0.4 is 0 Å². The zero-order valence-corrected chi connectivity index (χ0v) is 46.3. The number of ether oxygens (including phenoxy) is 3. The Hall–Kier alpha value is -2.37. The molecule has 1 atom stereocenters. The van der Waals surface area contributed by atoms with E-state index in [-0.39, 0.29) is 31.1 Å². The first-order valence-electron chi connectivity index (χ1n) is 30.5. The third kappa shape index (κ3) is 56.4. The SMILES string of the molecule is CCC/C=C\CCCCCCCC(=O)OCC(COC(=O)CCCCCCCCCCCCCCCCCCCCCCCCC)OC(=O)CCCCCCCCC/C=C\C/C=C\CCCCCC. The van der Waals surface area contributed by atoms with E-state index >= 15 is 0 Å². The number of carbonyl (C=O) groups is 3. The second kappa shape index (κ2) is 58.2. The maximum absolute atomic E-state index is 12.9. The fraction of sp³-hybridized carbons (Fsp3) is 0.857. The minimum Gasteiger partial charge on any atom is -0.462 e. The largest absolute Gasteiger partial charge is 0.462 e. The van der Waals surface area contributed by atoms with E-state index in [9.17, 15) is 14.4 Å². The summed E-state index contributed by atoms with van der Waals surface area (Å²) in [7, 11) is 0. The van der Waals surface area contributed by atoms with Gasteiger partial charge in [-0.25, -0.2) is 0 Å². The molecule has 0 radical (unpaired) electrons. The Bertz CT molecular complexity index is 1160. The number of hydrogen-bond donors (Lipinski definition) is 0. The lowest BCUT2D eigenvalue weighted by Gasteiger charge is -2.18. The number of esters is 3. The van der Waals surface area contributed by atoms with Crippen molar-refractivity contribution in [3.8, 4) is 0 Å². The topological polar surface area (TPSA) is 78.9 Å². The zero-order chi connectivity index (χ0) is 50.0. The normalized spacial score (nSPS) is 12.2. The zero-order valence-electron chi connectivity index (χ0n) is 46.3. The lowest BCUT2D eigenvalue weighted by atomic mass is 10.0. The first-order chi connectivity index (χ1) is 34.0. The van der Waals surface area contributed by atoms with Crippen molar-refractivity contribution in [1.29, 1.82) is 0 Å². The predicted molar refractivity (Wildman–Crippen MR) is 298 cm³/mol. The number of allylic oxidation sites excluding steroid dienone is 6. The van der Waals surface area contributed by atoms with Crippen LogP contribution in [0.4, 0.5) is 0 Å². The molecule has 6 heteroatoms. The Morgan fingerprint density at radius 1 is 0.290 bits per heavy atom. The highest BCUT2D eigenvalue weighted by atomic mass is 16.6. The average molecular weight is 970 g/mol. The van der Waals surface area contributed by atoms with Gasteiger partial charge in [-0.05, 0) is 70.6 Å². The Balaban J connectivity index is 4.22. The van der Waals surface area contributed by atoms with E-state index in [0.29, 0.717) is 19.3 Å². The first kappa shape index (κ1) is 66.6. The van der Waals surface area contributed by atoms with Gasteiger partial charge in [-0.2, -0.15) is 0 Å². The smallest absolute Gasteiger partial charge is 0.306 e. The van der Waals surface area contributed by atoms with Gasteiger partial charge in [0.05, 0.1) is 0 Å². The molecule has 404 valence electrons. The predicted octanol–water partition coefficient (Wildman–Crippen LogP) is 20.4. The van der Waals surface area contributed by atoms with Gasteiger partial charge in [0.15, 0.2) is 6.10 Å². The van der Waals surface area contributed by atoms with Gasteiger partial charge in [0.1, 0.15) is 13.2 Å². The van der Waals surface area contributed by atoms with Gasteiger partial charge in [0.2, 0.25) is 0 Å². The Labute approximate surface area is 429 Å². The first-order valence-corrected chi connectivity index (χ1v) is 30.5. The Morgan fingerprint density at radius 3 is 0.884 bits per heavy atom. The van der Waals surface area contributed by atoms with Gasteiger partial charge in [0, 0.05) is 19.3 Å². The number of hydrogen-bond acceptors (Lipinski definition) is 6. The number of rotatable bonds is 56. The third-order valence-electron chi connectivity index (χ3n) is 13.6. The Morgan fingerprint density at radius 2 is 0.551 bits per heavy atom. The van der Waals surface area contributed by atoms with Crippen molar-refractivity contribution in [3.63, 3.8) is 0 Å². The molecule has 6 nitrogen and oxygen atoms in total. The summed E-state index contributed by atoms with van der Waals surface area (Å²) in [5.74, 6) is -0.875. The van der Waals surface area contributed by atoms with E-state index in [1.807, 2.05) is 0 Å². The summed E-state index contributed by atoms with van der Waals surface area (Å²) in [6.07, 6.45) is 70.1. The van der Waals surface area contributed by atoms with Gasteiger partial charge >= 0.3 is 17.9 Å². The van der Waals surface area contributed by atoms with Crippen LogP contribution in [0.5, 0.6) is 0 Å². The summed E-state index contributed by atoms with van der Waals surface area (Å²) >= 11 is 0. The maximum atomic E-state index is 12.9. The van der Waals surface area contributed by atoms with E-state index < -0.39 is 6.10 Å². The van der Waals surface area contributed by atoms with E-state index in [4.69, 9.17) is 14.2 Å². The van der Waals surface area contributed by atoms with E-state index in [0.717, 1.165) is 83.5 Å². The standard InChI is InChI=1S/C63H116O6/c1-4-7-10-13-16-19-22-24-26-28-30-31-32-33-34-36-37-39-41-44-47-50-53-56-62(65)68-59-60(58-67-61(64)55-52-49-46-43-21-18-15-12-9-6-3)69-63(66)57-54-51-48-45-42-40-38-35-29-27-25-23-20-17-14-11-8-5-2/h12,15,20,23,27,29,60H,4-11,13-14,16-19,21-22,24-26,28,30-59H2,1-3H3/b15-12-,23-20-,29-27-. The molecule has 0 aromatic heterocycles. The highest BCUT2D eigenvalue weighted by molar-refractivity contribution is 5.71. The van der Waals surface area contributed by atoms with Crippen molar-refractivity contribution in [1.82, 2.24) is 0 Å². The average Bonchev–Trinajstić information content (AvgIpc) is 3.35. The highest BCUT2D eigenvalue weighted by Crippen LogP contribution is 2.17. The summed E-state index contributed by atoms with van der Waals surface area (Å²) in [4.78, 5) is 38.1. The summed E-state index contributed by atoms with van der Waals surface area (Å²) < 4.78 is 16.9. The van der Waals surface area contributed by atoms with Crippen LogP contribution in [0.15, 0.2) is 36.5 Å². The van der Waals surface area contributed by atoms with Crippen LogP contribution in [0, 0.1) is 0 Å². The molecule has 0 saturated heterocycles. The van der Waals surface area contributed by atoms with Crippen molar-refractivity contribution < 1.29 is 28.6 Å². The van der Waals surface area contributed by atoms with Gasteiger partial charge in [0.25, 0.3) is 0 Å². The fourth-order valence-corrected chi connectivity index (χ4v) is 9.01. The second-order valence-corrected chi connectivity index (χ2v) is 20.6. The van der Waals surface area contributed by atoms with Gasteiger partial charge < -0.3 is 14.2 Å². The van der Waals surface area contributed by atoms with Crippen molar-refractivity contribution in [2.45, 2.75) is 335 Å². The van der Waals surface area contributed by atoms with Crippen LogP contribution in [-0.2, 0) is 28.6 Å². The molecule has 0 aliphatic rings. The van der Waals surface area contributed by atoms with Crippen molar-refractivity contribution in [2.24, 2.45) is 0 Å². The van der Waals surface area contributed by atoms with Gasteiger partial charge in [-0.3, -0.25) is 14.4 Å². The molecular formula is C63H116O6. The molecule has 0 fully saturated rings. The van der Waals surface area contributed by atoms with Crippen LogP contribution in [0.2, 0.25) is 0 Å². The minimum absolute atomic E-state index is 0.0745. The molecule has 0 aliphatic heterocycles. The highest BCUT2D eigenvalue weighted by Gasteiger charge is 2.19. The molecule has 0 amide bonds. The van der Waals surface area contributed by atoms with Crippen molar-refractivity contribution >= 4 is 17.9 Å². The molecule has 0 aromatic rings. The Kier molecular flexibility index (Phi) is 56.2. The molecule has 0 aromatic carbocycles. The van der Waals surface area contributed by atoms with Gasteiger partial charge in [-0.15, -0.1) is 0 Å². The molecule has 0 bridgehead atoms. The number of carbonyl (C=O) groups excluding carboxylic acids is 3. The molecule has 0 spiro atoms. The lowest BCUT2D eigenvalue weighted by molar-refractivity contribution is -0.167. The second-order valence-electron chi connectivity index (χ2n) is 20.6.